The zero-order valence-corrected chi connectivity index (χ0v) is 14.4. The zero-order chi connectivity index (χ0) is 19.9. The van der Waals surface area contributed by atoms with E-state index in [1.807, 2.05) is 0 Å². The summed E-state index contributed by atoms with van der Waals surface area (Å²) in [7, 11) is 0. The van der Waals surface area contributed by atoms with Gasteiger partial charge in [-0.1, -0.05) is 44.8 Å². The molecule has 0 N–H and O–H groups in total. The van der Waals surface area contributed by atoms with Crippen LogP contribution in [0.25, 0.3) is 0 Å². The summed E-state index contributed by atoms with van der Waals surface area (Å²) < 4.78 is 60.7. The Morgan fingerprint density at radius 3 is 2.09 bits per heavy atom. The Morgan fingerprint density at radius 2 is 1.48 bits per heavy atom. The van der Waals surface area contributed by atoms with Gasteiger partial charge in [-0.15, -0.1) is 0 Å². The van der Waals surface area contributed by atoms with Crippen molar-refractivity contribution in [3.05, 3.63) is 12.2 Å². The van der Waals surface area contributed by atoms with Crippen LogP contribution < -0.4 is 0 Å². The van der Waals surface area contributed by atoms with E-state index in [-0.39, 0.29) is 5.92 Å². The second kappa shape index (κ2) is 8.12. The average molecular weight is 329 g/mol. The van der Waals surface area contributed by atoms with Gasteiger partial charge in [0.15, 0.2) is 0 Å². The number of hydrogen-bond donors (Lipinski definition) is 0. The quantitative estimate of drug-likeness (QED) is 0.507. The summed E-state index contributed by atoms with van der Waals surface area (Å²) in [5, 5.41) is 0. The molecule has 2 heteroatoms. The minimum absolute atomic E-state index is 0.357. The maximum Gasteiger partial charge on any atom is 0.149 e. The molecule has 3 unspecified atom stereocenters. The number of allylic oxidation sites excluding steroid dienone is 2. The Kier molecular flexibility index (Phi) is 4.55. The van der Waals surface area contributed by atoms with Gasteiger partial charge in [0.1, 0.15) is 12.3 Å². The fraction of sp³-hybridized carbons (Fsp3) is 0.905. The van der Waals surface area contributed by atoms with Crippen LogP contribution in [-0.4, -0.2) is 12.3 Å². The standard InChI is InChI=1S/C21H34F2/c1-2-3-15-4-6-16(7-5-15)17-8-10-18(11-9-17)19-12-13-20(22)21(23)14-19/h12-13,15-21H,2-11,14H2,1H3/i14D2,19D,21D. The van der Waals surface area contributed by atoms with E-state index < -0.39 is 24.6 Å². The molecule has 0 radical (unpaired) electrons. The summed E-state index contributed by atoms with van der Waals surface area (Å²) in [6.07, 6.45) is 4.48. The van der Waals surface area contributed by atoms with Crippen molar-refractivity contribution in [1.29, 1.82) is 0 Å². The molecule has 0 heterocycles. The van der Waals surface area contributed by atoms with Crippen molar-refractivity contribution < 1.29 is 14.3 Å². The highest BCUT2D eigenvalue weighted by Crippen LogP contribution is 2.45. The van der Waals surface area contributed by atoms with E-state index in [9.17, 15) is 8.78 Å². The van der Waals surface area contributed by atoms with Crippen LogP contribution in [0.1, 0.15) is 83.0 Å². The molecule has 3 aliphatic rings. The van der Waals surface area contributed by atoms with Gasteiger partial charge >= 0.3 is 0 Å². The maximum absolute atomic E-state index is 14.5. The lowest BCUT2D eigenvalue weighted by Crippen LogP contribution is -2.31. The third-order valence-electron chi connectivity index (χ3n) is 6.42. The van der Waals surface area contributed by atoms with Crippen molar-refractivity contribution >= 4 is 0 Å². The second-order valence-electron chi connectivity index (χ2n) is 7.87. The normalized spacial score (nSPS) is 56.2. The van der Waals surface area contributed by atoms with Crippen LogP contribution in [-0.2, 0) is 0 Å². The van der Waals surface area contributed by atoms with Crippen LogP contribution in [0.5, 0.6) is 0 Å². The molecule has 2 fully saturated rings. The van der Waals surface area contributed by atoms with E-state index in [0.717, 1.165) is 30.8 Å². The van der Waals surface area contributed by atoms with Crippen molar-refractivity contribution in [2.45, 2.75) is 89.8 Å². The first-order chi connectivity index (χ1) is 12.6. The molecular formula is C21H34F2. The first-order valence-corrected chi connectivity index (χ1v) is 9.65. The molecular weight excluding hydrogens is 290 g/mol. The molecule has 0 spiro atoms. The van der Waals surface area contributed by atoms with E-state index in [0.29, 0.717) is 18.8 Å². The molecule has 132 valence electrons. The Morgan fingerprint density at radius 1 is 0.913 bits per heavy atom. The minimum atomic E-state index is -3.40. The number of halogens is 2. The molecule has 0 nitrogen and oxygen atoms in total. The van der Waals surface area contributed by atoms with Gasteiger partial charge in [-0.25, -0.2) is 8.78 Å². The van der Waals surface area contributed by atoms with E-state index in [2.05, 4.69) is 6.92 Å². The first-order valence-electron chi connectivity index (χ1n) is 11.7. The van der Waals surface area contributed by atoms with Gasteiger partial charge in [0, 0.05) is 4.11 Å². The Bertz CT molecular complexity index is 534. The Balaban J connectivity index is 1.61. The molecule has 3 rings (SSSR count). The molecule has 0 saturated heterocycles. The number of alkyl halides is 2. The monoisotopic (exact) mass is 328 g/mol. The lowest BCUT2D eigenvalue weighted by atomic mass is 9.66. The Hall–Kier alpha value is -0.400. The summed E-state index contributed by atoms with van der Waals surface area (Å²) >= 11 is 0. The highest BCUT2D eigenvalue weighted by Gasteiger charge is 2.35. The third-order valence-corrected chi connectivity index (χ3v) is 6.42. The molecule has 23 heavy (non-hydrogen) atoms. The molecule has 3 atom stereocenters. The van der Waals surface area contributed by atoms with Crippen LogP contribution in [0, 0.1) is 29.6 Å². The van der Waals surface area contributed by atoms with Crippen molar-refractivity contribution in [2.24, 2.45) is 29.6 Å². The highest BCUT2D eigenvalue weighted by molar-refractivity contribution is 5.05. The number of hydrogen-bond acceptors (Lipinski definition) is 0. The van der Waals surface area contributed by atoms with Gasteiger partial charge in [0.25, 0.3) is 0 Å². The van der Waals surface area contributed by atoms with Crippen LogP contribution in [0.3, 0.4) is 0 Å². The van der Waals surface area contributed by atoms with E-state index >= 15 is 0 Å². The molecule has 0 amide bonds. The predicted octanol–water partition coefficient (Wildman–Crippen LogP) is 6.65. The maximum atomic E-state index is 14.5. The fourth-order valence-electron chi connectivity index (χ4n) is 5.02. The Labute approximate surface area is 146 Å². The summed E-state index contributed by atoms with van der Waals surface area (Å²) in [5.74, 6) is -0.000890. The van der Waals surface area contributed by atoms with Gasteiger partial charge in [-0.2, -0.15) is 0 Å². The molecule has 0 bridgehead atoms. The van der Waals surface area contributed by atoms with Crippen LogP contribution in [0.15, 0.2) is 12.2 Å². The van der Waals surface area contributed by atoms with Crippen LogP contribution in [0.4, 0.5) is 8.78 Å². The van der Waals surface area contributed by atoms with E-state index in [1.165, 1.54) is 44.6 Å². The van der Waals surface area contributed by atoms with E-state index in [1.54, 1.807) is 0 Å². The molecule has 0 aromatic carbocycles. The van der Waals surface area contributed by atoms with Crippen LogP contribution >= 0.6 is 0 Å². The van der Waals surface area contributed by atoms with Crippen molar-refractivity contribution in [2.75, 3.05) is 0 Å². The molecule has 2 saturated carbocycles. The summed E-state index contributed by atoms with van der Waals surface area (Å²) in [6, 6.07) is 0. The average Bonchev–Trinajstić information content (AvgIpc) is 2.65. The summed E-state index contributed by atoms with van der Waals surface area (Å²) in [5.41, 5.74) is 0. The van der Waals surface area contributed by atoms with Gasteiger partial charge < -0.3 is 0 Å². The lowest BCUT2D eigenvalue weighted by Gasteiger charge is -2.40. The first kappa shape index (κ1) is 12.9. The molecule has 0 aromatic rings. The van der Waals surface area contributed by atoms with Crippen molar-refractivity contribution in [3.8, 4) is 0 Å². The third kappa shape index (κ3) is 4.37. The molecule has 3 aliphatic carbocycles. The largest absolute Gasteiger partial charge is 0.244 e. The SMILES string of the molecule is [2H]C1(F)C(F)C=CC([2H])(C2CCC(C3CCC(CCC)CC3)CC2)C1([2H])[2H]. The van der Waals surface area contributed by atoms with Gasteiger partial charge in [0.2, 0.25) is 0 Å². The minimum Gasteiger partial charge on any atom is -0.244 e. The van der Waals surface area contributed by atoms with Gasteiger partial charge in [-0.3, -0.25) is 0 Å². The van der Waals surface area contributed by atoms with Crippen molar-refractivity contribution in [1.82, 2.24) is 0 Å². The van der Waals surface area contributed by atoms with Crippen molar-refractivity contribution in [3.63, 3.8) is 0 Å². The topological polar surface area (TPSA) is 0 Å². The smallest absolute Gasteiger partial charge is 0.149 e. The number of rotatable bonds is 4. The predicted molar refractivity (Wildman–Crippen MR) is 92.8 cm³/mol. The molecule has 0 aromatic heterocycles. The van der Waals surface area contributed by atoms with Gasteiger partial charge in [0.05, 0.1) is 1.37 Å². The fourth-order valence-corrected chi connectivity index (χ4v) is 5.02. The molecule has 0 aliphatic heterocycles. The second-order valence-corrected chi connectivity index (χ2v) is 7.87. The van der Waals surface area contributed by atoms with Gasteiger partial charge in [-0.05, 0) is 74.5 Å². The van der Waals surface area contributed by atoms with E-state index in [4.69, 9.17) is 5.48 Å². The zero-order valence-electron chi connectivity index (χ0n) is 18.4. The summed E-state index contributed by atoms with van der Waals surface area (Å²) in [6.45, 7) is 2.25. The summed E-state index contributed by atoms with van der Waals surface area (Å²) in [4.78, 5) is 0. The highest BCUT2D eigenvalue weighted by atomic mass is 19.2. The lowest BCUT2D eigenvalue weighted by molar-refractivity contribution is 0.106. The van der Waals surface area contributed by atoms with Crippen LogP contribution in [0.2, 0.25) is 0 Å².